The van der Waals surface area contributed by atoms with Gasteiger partial charge in [0.15, 0.2) is 0 Å². The number of carbonyl (C=O) groups excluding carboxylic acids is 2. The quantitative estimate of drug-likeness (QED) is 0.869. The number of amides is 2. The molecule has 1 heterocycles. The fourth-order valence-corrected chi connectivity index (χ4v) is 2.72. The van der Waals surface area contributed by atoms with Crippen LogP contribution in [-0.4, -0.2) is 23.6 Å². The van der Waals surface area contributed by atoms with Gasteiger partial charge in [-0.1, -0.05) is 6.07 Å². The third-order valence-corrected chi connectivity index (χ3v) is 4.06. The zero-order valence-electron chi connectivity index (χ0n) is 9.86. The highest BCUT2D eigenvalue weighted by Crippen LogP contribution is 2.32. The summed E-state index contributed by atoms with van der Waals surface area (Å²) in [6.07, 6.45) is 2.58. The molecule has 5 heteroatoms. The van der Waals surface area contributed by atoms with Gasteiger partial charge in [0.05, 0.1) is 17.9 Å². The van der Waals surface area contributed by atoms with Gasteiger partial charge in [-0.3, -0.25) is 9.59 Å². The lowest BCUT2D eigenvalue weighted by Crippen LogP contribution is -2.27. The van der Waals surface area contributed by atoms with Crippen LogP contribution in [0, 0.1) is 0 Å². The molecule has 0 spiro atoms. The number of benzene rings is 1. The summed E-state index contributed by atoms with van der Waals surface area (Å²) in [5, 5.41) is 5.79. The molecular formula is C13H14N2O2S. The zero-order chi connectivity index (χ0) is 12.5. The van der Waals surface area contributed by atoms with Crippen LogP contribution >= 0.6 is 11.8 Å². The number of carbonyl (C=O) groups is 2. The van der Waals surface area contributed by atoms with E-state index >= 15 is 0 Å². The SMILES string of the molecule is O=C1CSc2ccc(CC(=O)NC3CC3)cc2N1. The van der Waals surface area contributed by atoms with Crippen molar-refractivity contribution in [2.24, 2.45) is 0 Å². The highest BCUT2D eigenvalue weighted by atomic mass is 32.2. The van der Waals surface area contributed by atoms with E-state index in [1.165, 1.54) is 11.8 Å². The molecular weight excluding hydrogens is 248 g/mol. The first-order valence-corrected chi connectivity index (χ1v) is 7.04. The Kier molecular flexibility index (Phi) is 2.99. The molecule has 3 rings (SSSR count). The number of fused-ring (bicyclic) bond motifs is 1. The van der Waals surface area contributed by atoms with Gasteiger partial charge in [0.2, 0.25) is 11.8 Å². The van der Waals surface area contributed by atoms with Crippen LogP contribution in [0.2, 0.25) is 0 Å². The minimum Gasteiger partial charge on any atom is -0.353 e. The molecule has 2 aliphatic rings. The number of thioether (sulfide) groups is 1. The smallest absolute Gasteiger partial charge is 0.234 e. The van der Waals surface area contributed by atoms with Gasteiger partial charge in [0.1, 0.15) is 0 Å². The molecule has 0 unspecified atom stereocenters. The van der Waals surface area contributed by atoms with E-state index < -0.39 is 0 Å². The Morgan fingerprint density at radius 2 is 2.28 bits per heavy atom. The summed E-state index contributed by atoms with van der Waals surface area (Å²) in [5.41, 5.74) is 1.77. The fraction of sp³-hybridized carbons (Fsp3) is 0.385. The van der Waals surface area contributed by atoms with E-state index in [4.69, 9.17) is 0 Å². The predicted molar refractivity (Wildman–Crippen MR) is 70.7 cm³/mol. The Morgan fingerprint density at radius 3 is 3.06 bits per heavy atom. The van der Waals surface area contributed by atoms with E-state index in [1.54, 1.807) is 0 Å². The van der Waals surface area contributed by atoms with Gasteiger partial charge in [-0.05, 0) is 30.5 Å². The average Bonchev–Trinajstić information content (AvgIpc) is 3.12. The van der Waals surface area contributed by atoms with Crippen LogP contribution in [0.25, 0.3) is 0 Å². The third kappa shape index (κ3) is 2.67. The highest BCUT2D eigenvalue weighted by molar-refractivity contribution is 8.00. The van der Waals surface area contributed by atoms with Gasteiger partial charge in [-0.2, -0.15) is 0 Å². The summed E-state index contributed by atoms with van der Waals surface area (Å²) in [5.74, 6) is 0.549. The molecule has 0 aromatic heterocycles. The minimum atomic E-state index is 0.0204. The molecule has 1 aliphatic carbocycles. The molecule has 0 bridgehead atoms. The van der Waals surface area contributed by atoms with Crippen LogP contribution < -0.4 is 10.6 Å². The van der Waals surface area contributed by atoms with Crippen molar-refractivity contribution in [1.82, 2.24) is 5.32 Å². The van der Waals surface area contributed by atoms with Gasteiger partial charge in [0.25, 0.3) is 0 Å². The lowest BCUT2D eigenvalue weighted by molar-refractivity contribution is -0.120. The van der Waals surface area contributed by atoms with Crippen LogP contribution in [0.4, 0.5) is 5.69 Å². The molecule has 1 saturated carbocycles. The van der Waals surface area contributed by atoms with E-state index in [1.807, 2.05) is 18.2 Å². The molecule has 18 heavy (non-hydrogen) atoms. The average molecular weight is 262 g/mol. The summed E-state index contributed by atoms with van der Waals surface area (Å²) >= 11 is 1.53. The van der Waals surface area contributed by atoms with Crippen molar-refractivity contribution in [2.45, 2.75) is 30.2 Å². The van der Waals surface area contributed by atoms with Gasteiger partial charge in [-0.15, -0.1) is 11.8 Å². The van der Waals surface area contributed by atoms with Crippen molar-refractivity contribution >= 4 is 29.3 Å². The summed E-state index contributed by atoms with van der Waals surface area (Å²) in [7, 11) is 0. The maximum absolute atomic E-state index is 11.7. The Balaban J connectivity index is 1.70. The second-order valence-corrected chi connectivity index (χ2v) is 5.70. The monoisotopic (exact) mass is 262 g/mol. The molecule has 1 aliphatic heterocycles. The summed E-state index contributed by atoms with van der Waals surface area (Å²) < 4.78 is 0. The van der Waals surface area contributed by atoms with Crippen LogP contribution in [0.1, 0.15) is 18.4 Å². The highest BCUT2D eigenvalue weighted by Gasteiger charge is 2.23. The molecule has 0 atom stereocenters. The summed E-state index contributed by atoms with van der Waals surface area (Å²) in [4.78, 5) is 24.1. The van der Waals surface area contributed by atoms with Crippen LogP contribution in [0.3, 0.4) is 0 Å². The molecule has 94 valence electrons. The molecule has 1 aromatic rings. The lowest BCUT2D eigenvalue weighted by Gasteiger charge is -2.17. The molecule has 1 fully saturated rings. The lowest BCUT2D eigenvalue weighted by atomic mass is 10.1. The zero-order valence-corrected chi connectivity index (χ0v) is 10.7. The van der Waals surface area contributed by atoms with Crippen molar-refractivity contribution in [2.75, 3.05) is 11.1 Å². The van der Waals surface area contributed by atoms with Crippen molar-refractivity contribution < 1.29 is 9.59 Å². The standard InChI is InChI=1S/C13H14N2O2S/c16-12(14-9-2-3-9)6-8-1-4-11-10(5-8)15-13(17)7-18-11/h1,4-5,9H,2-3,6-7H2,(H,14,16)(H,15,17). The maximum atomic E-state index is 11.7. The van der Waals surface area contributed by atoms with Crippen molar-refractivity contribution in [3.8, 4) is 0 Å². The first-order chi connectivity index (χ1) is 8.70. The minimum absolute atomic E-state index is 0.0204. The van der Waals surface area contributed by atoms with E-state index in [9.17, 15) is 9.59 Å². The number of nitrogens with one attached hydrogen (secondary N) is 2. The Morgan fingerprint density at radius 1 is 1.44 bits per heavy atom. The van der Waals surface area contributed by atoms with Crippen LogP contribution in [0.5, 0.6) is 0 Å². The van der Waals surface area contributed by atoms with Crippen LogP contribution in [0.15, 0.2) is 23.1 Å². The molecule has 2 amide bonds. The molecule has 1 aromatic carbocycles. The number of anilines is 1. The fourth-order valence-electron chi connectivity index (χ4n) is 1.93. The van der Waals surface area contributed by atoms with Crippen LogP contribution in [-0.2, 0) is 16.0 Å². The van der Waals surface area contributed by atoms with E-state index in [0.29, 0.717) is 18.2 Å². The summed E-state index contributed by atoms with van der Waals surface area (Å²) in [6, 6.07) is 6.21. The number of rotatable bonds is 3. The Bertz CT molecular complexity index is 512. The molecule has 4 nitrogen and oxygen atoms in total. The first kappa shape index (κ1) is 11.6. The van der Waals surface area contributed by atoms with Gasteiger partial charge >= 0.3 is 0 Å². The molecule has 0 radical (unpaired) electrons. The predicted octanol–water partition coefficient (Wildman–Crippen LogP) is 1.55. The first-order valence-electron chi connectivity index (χ1n) is 6.05. The van der Waals surface area contributed by atoms with E-state index in [-0.39, 0.29) is 11.8 Å². The van der Waals surface area contributed by atoms with E-state index in [2.05, 4.69) is 10.6 Å². The maximum Gasteiger partial charge on any atom is 0.234 e. The third-order valence-electron chi connectivity index (χ3n) is 2.98. The van der Waals surface area contributed by atoms with Gasteiger partial charge in [-0.25, -0.2) is 0 Å². The normalized spacial score (nSPS) is 17.9. The van der Waals surface area contributed by atoms with Crippen molar-refractivity contribution in [1.29, 1.82) is 0 Å². The Labute approximate surface area is 110 Å². The van der Waals surface area contributed by atoms with Gasteiger partial charge < -0.3 is 10.6 Å². The number of hydrogen-bond donors (Lipinski definition) is 2. The molecule has 2 N–H and O–H groups in total. The van der Waals surface area contributed by atoms with Gasteiger partial charge in [0, 0.05) is 10.9 Å². The van der Waals surface area contributed by atoms with Crippen molar-refractivity contribution in [3.63, 3.8) is 0 Å². The Hall–Kier alpha value is -1.49. The molecule has 0 saturated heterocycles. The van der Waals surface area contributed by atoms with E-state index in [0.717, 1.165) is 29.0 Å². The second-order valence-electron chi connectivity index (χ2n) is 4.69. The largest absolute Gasteiger partial charge is 0.353 e. The number of hydrogen-bond acceptors (Lipinski definition) is 3. The second kappa shape index (κ2) is 4.65. The topological polar surface area (TPSA) is 58.2 Å². The summed E-state index contributed by atoms with van der Waals surface area (Å²) in [6.45, 7) is 0. The van der Waals surface area contributed by atoms with Crippen molar-refractivity contribution in [3.05, 3.63) is 23.8 Å².